The van der Waals surface area contributed by atoms with Gasteiger partial charge in [-0.3, -0.25) is 0 Å². The third kappa shape index (κ3) is 5.38. The second-order valence-electron chi connectivity index (χ2n) is 8.67. The molecule has 1 saturated carbocycles. The first-order valence-electron chi connectivity index (χ1n) is 10.6. The molecule has 3 N–H and O–H groups in total. The zero-order chi connectivity index (χ0) is 24.0. The van der Waals surface area contributed by atoms with E-state index in [1.165, 1.54) is 7.11 Å². The van der Waals surface area contributed by atoms with Crippen LogP contribution in [0.15, 0.2) is 22.6 Å². The molecule has 34 heavy (non-hydrogen) atoms. The molecule has 2 heterocycles. The van der Waals surface area contributed by atoms with Gasteiger partial charge in [0.1, 0.15) is 11.6 Å². The van der Waals surface area contributed by atoms with Crippen LogP contribution in [-0.4, -0.2) is 54.3 Å². The summed E-state index contributed by atoms with van der Waals surface area (Å²) >= 11 is 0. The van der Waals surface area contributed by atoms with Crippen LogP contribution in [0.5, 0.6) is 0 Å². The molecule has 2 amide bonds. The number of rotatable bonds is 6. The number of methoxy groups -OCH3 is 1. The number of hydrogen-bond donors (Lipinski definition) is 2. The SMILES string of the molecule is COC[C@@H](c1ccc2oc([C@H](N)C3CCC(F)(F)CC3)nc2c1)N1C[C@@H](C(F)(F)F)NC1=O.Cl. The third-order valence-corrected chi connectivity index (χ3v) is 6.40. The molecule has 2 aromatic rings. The highest BCUT2D eigenvalue weighted by Crippen LogP contribution is 2.41. The number of nitrogens with zero attached hydrogens (tertiary/aromatic N) is 2. The summed E-state index contributed by atoms with van der Waals surface area (Å²) in [5.41, 5.74) is 7.59. The lowest BCUT2D eigenvalue weighted by molar-refractivity contribution is -0.150. The number of nitrogens with one attached hydrogen (secondary N) is 1. The molecular formula is C21H26ClF5N4O3. The molecule has 1 aliphatic heterocycles. The van der Waals surface area contributed by atoms with E-state index in [2.05, 4.69) is 4.98 Å². The van der Waals surface area contributed by atoms with E-state index in [-0.39, 0.29) is 56.5 Å². The maximum Gasteiger partial charge on any atom is 0.410 e. The van der Waals surface area contributed by atoms with E-state index < -0.39 is 42.8 Å². The highest BCUT2D eigenvalue weighted by Gasteiger charge is 2.48. The normalized spacial score (nSPS) is 23.0. The lowest BCUT2D eigenvalue weighted by atomic mass is 9.82. The van der Waals surface area contributed by atoms with E-state index >= 15 is 0 Å². The Morgan fingerprint density at radius 1 is 1.32 bits per heavy atom. The number of amides is 2. The van der Waals surface area contributed by atoms with Gasteiger partial charge in [-0.2, -0.15) is 13.2 Å². The Labute approximate surface area is 198 Å². The van der Waals surface area contributed by atoms with Crippen LogP contribution >= 0.6 is 12.4 Å². The van der Waals surface area contributed by atoms with Crippen molar-refractivity contribution in [3.05, 3.63) is 29.7 Å². The van der Waals surface area contributed by atoms with E-state index in [9.17, 15) is 26.7 Å². The summed E-state index contributed by atoms with van der Waals surface area (Å²) in [6.07, 6.45) is -4.50. The van der Waals surface area contributed by atoms with E-state index in [1.54, 1.807) is 18.2 Å². The molecular weight excluding hydrogens is 487 g/mol. The fourth-order valence-electron chi connectivity index (χ4n) is 4.47. The summed E-state index contributed by atoms with van der Waals surface area (Å²) in [6, 6.07) is 0.610. The topological polar surface area (TPSA) is 93.6 Å². The standard InChI is InChI=1S/C21H25F5N4O3.ClH/c1-32-10-14(30-9-16(21(24,25)26)29-19(30)31)12-2-3-15-13(8-12)28-18(33-15)17(27)11-4-6-20(22,23)7-5-11;/h2-3,8,11,14,16-17H,4-7,9-10,27H2,1H3,(H,29,31);1H/t14-,16-,17+;/m0./s1. The van der Waals surface area contributed by atoms with E-state index in [0.717, 1.165) is 4.90 Å². The average Bonchev–Trinajstić information content (AvgIpc) is 3.34. The Hall–Kier alpha value is -2.18. The molecule has 2 fully saturated rings. The summed E-state index contributed by atoms with van der Waals surface area (Å²) in [6.45, 7) is -0.570. The largest absolute Gasteiger partial charge is 0.439 e. The van der Waals surface area contributed by atoms with Crippen molar-refractivity contribution in [2.24, 2.45) is 11.7 Å². The number of halogens is 6. The predicted molar refractivity (Wildman–Crippen MR) is 115 cm³/mol. The Morgan fingerprint density at radius 2 is 2.00 bits per heavy atom. The second-order valence-corrected chi connectivity index (χ2v) is 8.67. The molecule has 3 atom stereocenters. The zero-order valence-corrected chi connectivity index (χ0v) is 19.1. The van der Waals surface area contributed by atoms with Crippen molar-refractivity contribution in [1.29, 1.82) is 0 Å². The Bertz CT molecular complexity index is 1010. The molecule has 1 aromatic heterocycles. The van der Waals surface area contributed by atoms with Gasteiger partial charge in [0.2, 0.25) is 11.8 Å². The number of benzene rings is 1. The molecule has 1 aromatic carbocycles. The number of aromatic nitrogens is 1. The maximum atomic E-state index is 13.5. The Morgan fingerprint density at radius 3 is 2.59 bits per heavy atom. The highest BCUT2D eigenvalue weighted by atomic mass is 35.5. The van der Waals surface area contributed by atoms with Gasteiger partial charge in [0, 0.05) is 20.0 Å². The van der Waals surface area contributed by atoms with Crippen molar-refractivity contribution >= 4 is 29.5 Å². The van der Waals surface area contributed by atoms with E-state index in [4.69, 9.17) is 14.9 Å². The maximum absolute atomic E-state index is 13.5. The minimum absolute atomic E-state index is 0. The molecule has 2 aliphatic rings. The van der Waals surface area contributed by atoms with E-state index in [0.29, 0.717) is 16.7 Å². The molecule has 190 valence electrons. The number of urea groups is 1. The lowest BCUT2D eigenvalue weighted by Crippen LogP contribution is -2.40. The van der Waals surface area contributed by atoms with Crippen molar-refractivity contribution in [1.82, 2.24) is 15.2 Å². The highest BCUT2D eigenvalue weighted by molar-refractivity contribution is 5.85. The van der Waals surface area contributed by atoms with Gasteiger partial charge in [-0.1, -0.05) is 6.07 Å². The van der Waals surface area contributed by atoms with Gasteiger partial charge < -0.3 is 25.1 Å². The average molecular weight is 513 g/mol. The van der Waals surface area contributed by atoms with Gasteiger partial charge in [-0.25, -0.2) is 18.6 Å². The third-order valence-electron chi connectivity index (χ3n) is 6.40. The van der Waals surface area contributed by atoms with Crippen molar-refractivity contribution in [3.8, 4) is 0 Å². The molecule has 0 spiro atoms. The second kappa shape index (κ2) is 9.82. The van der Waals surface area contributed by atoms with Gasteiger partial charge in [0.25, 0.3) is 0 Å². The summed E-state index contributed by atoms with van der Waals surface area (Å²) in [4.78, 5) is 17.7. The van der Waals surface area contributed by atoms with Crippen LogP contribution in [0.1, 0.15) is 49.2 Å². The van der Waals surface area contributed by atoms with Crippen LogP contribution in [-0.2, 0) is 4.74 Å². The van der Waals surface area contributed by atoms with Crippen molar-refractivity contribution in [2.75, 3.05) is 20.3 Å². The minimum atomic E-state index is -4.56. The summed E-state index contributed by atoms with van der Waals surface area (Å²) < 4.78 is 77.1. The van der Waals surface area contributed by atoms with Crippen LogP contribution < -0.4 is 11.1 Å². The van der Waals surface area contributed by atoms with Crippen molar-refractivity contribution in [3.63, 3.8) is 0 Å². The molecule has 1 aliphatic carbocycles. The fourth-order valence-corrected chi connectivity index (χ4v) is 4.47. The monoisotopic (exact) mass is 512 g/mol. The molecule has 0 radical (unpaired) electrons. The van der Waals surface area contributed by atoms with Gasteiger partial charge in [-0.05, 0) is 36.5 Å². The molecule has 0 bridgehead atoms. The first-order chi connectivity index (χ1) is 15.5. The zero-order valence-electron chi connectivity index (χ0n) is 18.3. The molecule has 4 rings (SSSR count). The Kier molecular flexibility index (Phi) is 7.63. The number of carbonyl (C=O) groups is 1. The number of alkyl halides is 5. The number of carbonyl (C=O) groups excluding carboxylic acids is 1. The fraction of sp³-hybridized carbons (Fsp3) is 0.619. The number of ether oxygens (including phenoxy) is 1. The van der Waals surface area contributed by atoms with Crippen LogP contribution in [0.3, 0.4) is 0 Å². The first-order valence-corrected chi connectivity index (χ1v) is 10.6. The first kappa shape index (κ1) is 26.4. The van der Waals surface area contributed by atoms with Gasteiger partial charge in [-0.15, -0.1) is 12.4 Å². The van der Waals surface area contributed by atoms with Gasteiger partial charge in [0.05, 0.1) is 25.2 Å². The van der Waals surface area contributed by atoms with Crippen LogP contribution in [0.25, 0.3) is 11.1 Å². The predicted octanol–water partition coefficient (Wildman–Crippen LogP) is 4.72. The number of nitrogens with two attached hydrogens (primary N) is 1. The van der Waals surface area contributed by atoms with Crippen molar-refractivity contribution < 1.29 is 35.9 Å². The summed E-state index contributed by atoms with van der Waals surface area (Å²) in [7, 11) is 1.39. The molecule has 1 saturated heterocycles. The molecule has 13 heteroatoms. The summed E-state index contributed by atoms with van der Waals surface area (Å²) in [5, 5.41) is 1.95. The molecule has 0 unspecified atom stereocenters. The lowest BCUT2D eigenvalue weighted by Gasteiger charge is -2.30. The minimum Gasteiger partial charge on any atom is -0.439 e. The quantitative estimate of drug-likeness (QED) is 0.546. The number of hydrogen-bond acceptors (Lipinski definition) is 5. The van der Waals surface area contributed by atoms with Crippen LogP contribution in [0.4, 0.5) is 26.7 Å². The van der Waals surface area contributed by atoms with E-state index in [1.807, 2.05) is 5.32 Å². The van der Waals surface area contributed by atoms with Crippen LogP contribution in [0.2, 0.25) is 0 Å². The van der Waals surface area contributed by atoms with Crippen LogP contribution in [0, 0.1) is 5.92 Å². The Balaban J connectivity index is 0.00000324. The smallest absolute Gasteiger partial charge is 0.410 e. The van der Waals surface area contributed by atoms with Gasteiger partial charge >= 0.3 is 12.2 Å². The number of oxazole rings is 1. The van der Waals surface area contributed by atoms with Crippen molar-refractivity contribution in [2.45, 2.75) is 55.9 Å². The van der Waals surface area contributed by atoms with Gasteiger partial charge in [0.15, 0.2) is 5.58 Å². The number of fused-ring (bicyclic) bond motifs is 1. The summed E-state index contributed by atoms with van der Waals surface area (Å²) in [5.74, 6) is -2.64. The molecule has 7 nitrogen and oxygen atoms in total.